The Bertz CT molecular complexity index is 864. The molecule has 0 bridgehead atoms. The number of para-hydroxylation sites is 1. The third-order valence-electron chi connectivity index (χ3n) is 4.33. The number of ether oxygens (including phenoxy) is 2. The molecule has 0 aliphatic carbocycles. The molecule has 2 nitrogen and oxygen atoms in total. The number of methoxy groups -OCH3 is 1. The van der Waals surface area contributed by atoms with Crippen LogP contribution >= 0.6 is 0 Å². The Morgan fingerprint density at radius 1 is 0.792 bits per heavy atom. The lowest BCUT2D eigenvalue weighted by atomic mass is 9.88. The van der Waals surface area contributed by atoms with Gasteiger partial charge in [0.2, 0.25) is 0 Å². The van der Waals surface area contributed by atoms with Gasteiger partial charge in [-0.25, -0.2) is 0 Å². The Labute approximate surface area is 142 Å². The Morgan fingerprint density at radius 2 is 1.50 bits per heavy atom. The van der Waals surface area contributed by atoms with Crippen LogP contribution < -0.4 is 9.47 Å². The summed E-state index contributed by atoms with van der Waals surface area (Å²) in [7, 11) is 1.67. The van der Waals surface area contributed by atoms with Crippen LogP contribution in [-0.4, -0.2) is 7.11 Å². The predicted octanol–water partition coefficient (Wildman–Crippen LogP) is 5.26. The van der Waals surface area contributed by atoms with Crippen molar-refractivity contribution in [1.29, 1.82) is 0 Å². The molecule has 0 spiro atoms. The van der Waals surface area contributed by atoms with Gasteiger partial charge in [-0.2, -0.15) is 0 Å². The lowest BCUT2D eigenvalue weighted by Crippen LogP contribution is -2.10. The van der Waals surface area contributed by atoms with Gasteiger partial charge in [0.25, 0.3) is 0 Å². The number of rotatable bonds is 3. The normalized spacial score (nSPS) is 15.9. The molecule has 118 valence electrons. The summed E-state index contributed by atoms with van der Waals surface area (Å²) in [6, 6.07) is 26.7. The van der Waals surface area contributed by atoms with Crippen molar-refractivity contribution in [3.63, 3.8) is 0 Å². The lowest BCUT2D eigenvalue weighted by Gasteiger charge is -2.25. The second kappa shape index (κ2) is 6.25. The van der Waals surface area contributed by atoms with Crippen molar-refractivity contribution in [2.75, 3.05) is 7.11 Å². The fourth-order valence-electron chi connectivity index (χ4n) is 3.07. The molecule has 4 rings (SSSR count). The minimum absolute atomic E-state index is 0.188. The second-order valence-corrected chi connectivity index (χ2v) is 5.79. The molecule has 1 unspecified atom stereocenters. The van der Waals surface area contributed by atoms with Crippen molar-refractivity contribution in [1.82, 2.24) is 0 Å². The molecule has 24 heavy (non-hydrogen) atoms. The van der Waals surface area contributed by atoms with Crippen LogP contribution in [0.1, 0.15) is 22.6 Å². The Balaban J connectivity index is 1.79. The number of allylic oxidation sites excluding steroid dienone is 1. The molecule has 0 fully saturated rings. The van der Waals surface area contributed by atoms with Gasteiger partial charge in [0, 0.05) is 17.0 Å². The van der Waals surface area contributed by atoms with Crippen LogP contribution in [0.3, 0.4) is 0 Å². The quantitative estimate of drug-likeness (QED) is 0.656. The molecular weight excluding hydrogens is 296 g/mol. The van der Waals surface area contributed by atoms with Crippen molar-refractivity contribution in [2.45, 2.75) is 5.92 Å². The van der Waals surface area contributed by atoms with Crippen LogP contribution in [0, 0.1) is 0 Å². The van der Waals surface area contributed by atoms with E-state index in [4.69, 9.17) is 9.47 Å². The minimum atomic E-state index is 0.188. The summed E-state index contributed by atoms with van der Waals surface area (Å²) >= 11 is 0. The van der Waals surface area contributed by atoms with E-state index in [1.54, 1.807) is 7.11 Å². The molecule has 2 heteroatoms. The maximum absolute atomic E-state index is 6.16. The zero-order valence-electron chi connectivity index (χ0n) is 13.5. The van der Waals surface area contributed by atoms with Gasteiger partial charge in [-0.3, -0.25) is 0 Å². The van der Waals surface area contributed by atoms with Gasteiger partial charge in [0.15, 0.2) is 0 Å². The van der Waals surface area contributed by atoms with Crippen molar-refractivity contribution in [2.24, 2.45) is 0 Å². The first kappa shape index (κ1) is 14.6. The lowest BCUT2D eigenvalue weighted by molar-refractivity contribution is 0.414. The summed E-state index contributed by atoms with van der Waals surface area (Å²) in [5.74, 6) is 2.83. The molecule has 3 aromatic rings. The number of fused-ring (bicyclic) bond motifs is 1. The minimum Gasteiger partial charge on any atom is -0.497 e. The van der Waals surface area contributed by atoms with Crippen LogP contribution in [0.4, 0.5) is 0 Å². The van der Waals surface area contributed by atoms with E-state index in [1.807, 2.05) is 42.5 Å². The summed E-state index contributed by atoms with van der Waals surface area (Å²) < 4.78 is 11.4. The third-order valence-corrected chi connectivity index (χ3v) is 4.33. The van der Waals surface area contributed by atoms with Crippen molar-refractivity contribution >= 4 is 5.76 Å². The van der Waals surface area contributed by atoms with E-state index in [1.165, 1.54) is 11.1 Å². The number of hydrogen-bond acceptors (Lipinski definition) is 2. The van der Waals surface area contributed by atoms with E-state index in [2.05, 4.69) is 42.5 Å². The first-order chi connectivity index (χ1) is 11.8. The molecule has 0 N–H and O–H groups in total. The molecule has 1 atom stereocenters. The highest BCUT2D eigenvalue weighted by Gasteiger charge is 2.23. The van der Waals surface area contributed by atoms with Crippen molar-refractivity contribution < 1.29 is 9.47 Å². The highest BCUT2D eigenvalue weighted by molar-refractivity contribution is 5.68. The fraction of sp³-hybridized carbons (Fsp3) is 0.0909. The largest absolute Gasteiger partial charge is 0.497 e. The van der Waals surface area contributed by atoms with Crippen LogP contribution in [0.15, 0.2) is 84.9 Å². The van der Waals surface area contributed by atoms with Gasteiger partial charge in [0.1, 0.15) is 17.3 Å². The monoisotopic (exact) mass is 314 g/mol. The maximum atomic E-state index is 6.16. The summed E-state index contributed by atoms with van der Waals surface area (Å²) in [5, 5.41) is 0. The van der Waals surface area contributed by atoms with Gasteiger partial charge in [0.05, 0.1) is 7.11 Å². The van der Waals surface area contributed by atoms with E-state index >= 15 is 0 Å². The smallest absolute Gasteiger partial charge is 0.131 e. The molecule has 0 saturated carbocycles. The molecule has 1 heterocycles. The van der Waals surface area contributed by atoms with Crippen LogP contribution in [0.5, 0.6) is 11.5 Å². The van der Waals surface area contributed by atoms with Crippen LogP contribution in [0.2, 0.25) is 0 Å². The maximum Gasteiger partial charge on any atom is 0.131 e. The second-order valence-electron chi connectivity index (χ2n) is 5.79. The van der Waals surface area contributed by atoms with Gasteiger partial charge in [-0.1, -0.05) is 48.5 Å². The van der Waals surface area contributed by atoms with Crippen LogP contribution in [0.25, 0.3) is 5.76 Å². The number of hydrogen-bond donors (Lipinski definition) is 0. The van der Waals surface area contributed by atoms with E-state index < -0.39 is 0 Å². The Hall–Kier alpha value is -3.00. The van der Waals surface area contributed by atoms with E-state index in [0.717, 1.165) is 22.8 Å². The highest BCUT2D eigenvalue weighted by atomic mass is 16.5. The van der Waals surface area contributed by atoms with E-state index in [-0.39, 0.29) is 5.92 Å². The van der Waals surface area contributed by atoms with Gasteiger partial charge in [-0.05, 0) is 42.0 Å². The summed E-state index contributed by atoms with van der Waals surface area (Å²) in [6.07, 6.45) is 2.19. The average Bonchev–Trinajstić information content (AvgIpc) is 2.68. The van der Waals surface area contributed by atoms with Crippen molar-refractivity contribution in [3.05, 3.63) is 102 Å². The molecule has 0 radical (unpaired) electrons. The Morgan fingerprint density at radius 3 is 2.25 bits per heavy atom. The Kier molecular flexibility index (Phi) is 3.80. The molecule has 0 aromatic heterocycles. The standard InChI is InChI=1S/C22H18O2/c1-23-18-13-11-17(12-14-18)22-15-20(16-7-3-2-4-8-16)19-9-5-6-10-21(19)24-22/h2-15,20H,1H3. The van der Waals surface area contributed by atoms with Crippen molar-refractivity contribution in [3.8, 4) is 11.5 Å². The van der Waals surface area contributed by atoms with Crippen LogP contribution in [-0.2, 0) is 0 Å². The fourth-order valence-corrected chi connectivity index (χ4v) is 3.07. The molecular formula is C22H18O2. The van der Waals surface area contributed by atoms with E-state index in [9.17, 15) is 0 Å². The highest BCUT2D eigenvalue weighted by Crippen LogP contribution is 2.40. The van der Waals surface area contributed by atoms with E-state index in [0.29, 0.717) is 0 Å². The molecule has 1 aliphatic rings. The number of benzene rings is 3. The van der Waals surface area contributed by atoms with Gasteiger partial charge >= 0.3 is 0 Å². The molecule has 0 amide bonds. The predicted molar refractivity (Wildman–Crippen MR) is 96.3 cm³/mol. The summed E-state index contributed by atoms with van der Waals surface area (Å²) in [4.78, 5) is 0. The van der Waals surface area contributed by atoms with Gasteiger partial charge < -0.3 is 9.47 Å². The third kappa shape index (κ3) is 2.67. The summed E-state index contributed by atoms with van der Waals surface area (Å²) in [5.41, 5.74) is 3.51. The first-order valence-electron chi connectivity index (χ1n) is 8.03. The zero-order chi connectivity index (χ0) is 16.4. The zero-order valence-corrected chi connectivity index (χ0v) is 13.5. The molecule has 1 aliphatic heterocycles. The molecule has 3 aromatic carbocycles. The summed E-state index contributed by atoms with van der Waals surface area (Å²) in [6.45, 7) is 0. The van der Waals surface area contributed by atoms with Gasteiger partial charge in [-0.15, -0.1) is 0 Å². The SMILES string of the molecule is COc1ccc(C2=CC(c3ccccc3)c3ccccc3O2)cc1. The molecule has 0 saturated heterocycles. The first-order valence-corrected chi connectivity index (χ1v) is 8.03. The topological polar surface area (TPSA) is 18.5 Å². The average molecular weight is 314 g/mol.